The van der Waals surface area contributed by atoms with Crippen LogP contribution >= 0.6 is 34.8 Å². The van der Waals surface area contributed by atoms with Gasteiger partial charge in [0, 0.05) is 11.6 Å². The molecule has 0 amide bonds. The molecule has 0 spiro atoms. The highest BCUT2D eigenvalue weighted by molar-refractivity contribution is 6.67. The summed E-state index contributed by atoms with van der Waals surface area (Å²) in [6.07, 6.45) is 0. The number of hydrogen-bond acceptors (Lipinski definition) is 4. The van der Waals surface area contributed by atoms with Crippen molar-refractivity contribution in [1.82, 2.24) is 19.8 Å². The lowest BCUT2D eigenvalue weighted by atomic mass is 10.1. The smallest absolute Gasteiger partial charge is 0.383 e. The maximum absolute atomic E-state index is 11.8. The molecule has 1 aromatic carbocycles. The summed E-state index contributed by atoms with van der Waals surface area (Å²) in [7, 11) is 0. The number of nitrogen functional groups attached to an aromatic ring is 1. The zero-order valence-electron chi connectivity index (χ0n) is 12.1. The summed E-state index contributed by atoms with van der Waals surface area (Å²) in [6.45, 7) is 4.24. The second kappa shape index (κ2) is 6.48. The topological polar surface area (TPSA) is 78.7 Å². The van der Waals surface area contributed by atoms with Crippen LogP contribution in [0, 0.1) is 12.8 Å². The molecule has 120 valence electrons. The van der Waals surface area contributed by atoms with Crippen molar-refractivity contribution in [2.24, 2.45) is 5.92 Å². The maximum atomic E-state index is 11.8. The quantitative estimate of drug-likeness (QED) is 0.667. The predicted molar refractivity (Wildman–Crippen MR) is 88.4 cm³/mol. The molecule has 1 heterocycles. The first-order valence-electron chi connectivity index (χ1n) is 6.61. The van der Waals surface area contributed by atoms with Gasteiger partial charge in [0.2, 0.25) is 0 Å². The van der Waals surface area contributed by atoms with Gasteiger partial charge in [-0.3, -0.25) is 0 Å². The normalized spacial score (nSPS) is 13.3. The van der Waals surface area contributed by atoms with Crippen LogP contribution in [0.3, 0.4) is 0 Å². The lowest BCUT2D eigenvalue weighted by Gasteiger charge is -2.20. The van der Waals surface area contributed by atoms with Gasteiger partial charge in [-0.2, -0.15) is 4.80 Å². The van der Waals surface area contributed by atoms with E-state index in [2.05, 4.69) is 10.3 Å². The summed E-state index contributed by atoms with van der Waals surface area (Å²) in [5.41, 5.74) is 7.94. The second-order valence-electron chi connectivity index (χ2n) is 5.22. The fourth-order valence-corrected chi connectivity index (χ4v) is 2.15. The average Bonchev–Trinajstić information content (AvgIpc) is 2.75. The lowest BCUT2D eigenvalue weighted by molar-refractivity contribution is 0.362. The van der Waals surface area contributed by atoms with Crippen molar-refractivity contribution < 1.29 is 0 Å². The Kier molecular flexibility index (Phi) is 5.04. The Balaban J connectivity index is 2.26. The minimum absolute atomic E-state index is 0.205. The first-order valence-corrected chi connectivity index (χ1v) is 7.74. The molecule has 0 aliphatic heterocycles. The van der Waals surface area contributed by atoms with Crippen LogP contribution < -0.4 is 11.4 Å². The predicted octanol–water partition coefficient (Wildman–Crippen LogP) is 2.39. The van der Waals surface area contributed by atoms with Crippen LogP contribution in [0.15, 0.2) is 23.0 Å². The van der Waals surface area contributed by atoms with Crippen molar-refractivity contribution in [3.63, 3.8) is 0 Å². The highest BCUT2D eigenvalue weighted by atomic mass is 35.6. The van der Waals surface area contributed by atoms with Crippen LogP contribution in [0.5, 0.6) is 0 Å². The van der Waals surface area contributed by atoms with Gasteiger partial charge in [-0.05, 0) is 29.3 Å². The number of alkyl halides is 3. The highest BCUT2D eigenvalue weighted by Gasteiger charge is 2.30. The van der Waals surface area contributed by atoms with Crippen LogP contribution in [-0.2, 0) is 13.1 Å². The van der Waals surface area contributed by atoms with Crippen molar-refractivity contribution in [2.75, 3.05) is 5.73 Å². The summed E-state index contributed by atoms with van der Waals surface area (Å²) >= 11 is 17.6. The van der Waals surface area contributed by atoms with Gasteiger partial charge in [-0.1, -0.05) is 59.0 Å². The van der Waals surface area contributed by atoms with Gasteiger partial charge in [-0.25, -0.2) is 9.48 Å². The van der Waals surface area contributed by atoms with Crippen LogP contribution in [0.4, 0.5) is 5.69 Å². The number of anilines is 1. The van der Waals surface area contributed by atoms with Crippen LogP contribution in [-0.4, -0.2) is 23.6 Å². The van der Waals surface area contributed by atoms with E-state index < -0.39 is 9.48 Å². The van der Waals surface area contributed by atoms with Gasteiger partial charge in [-0.15, -0.1) is 0 Å². The second-order valence-corrected chi connectivity index (χ2v) is 7.59. The standard InChI is InChI=1S/C13H16Cl3N5O/c1-8-5-10(3-4-11(8)17)7-21-19-18-12(22)20(21)6-9(2)13(14,15)16/h3-5,9H,6-7,17H2,1-2H3. The molecular weight excluding hydrogens is 349 g/mol. The number of aromatic nitrogens is 4. The molecule has 0 aliphatic carbocycles. The molecule has 0 saturated heterocycles. The van der Waals surface area contributed by atoms with E-state index in [4.69, 9.17) is 40.5 Å². The van der Waals surface area contributed by atoms with Crippen molar-refractivity contribution >= 4 is 40.5 Å². The molecule has 0 saturated carbocycles. The maximum Gasteiger partial charge on any atom is 0.383 e. The third kappa shape index (κ3) is 3.94. The van der Waals surface area contributed by atoms with Crippen molar-refractivity contribution in [3.8, 4) is 0 Å². The van der Waals surface area contributed by atoms with Gasteiger partial charge in [0.15, 0.2) is 3.79 Å². The van der Waals surface area contributed by atoms with E-state index in [1.165, 1.54) is 9.48 Å². The SMILES string of the molecule is Cc1cc(Cn2nnc(=O)n2CC(C)C(Cl)(Cl)Cl)ccc1N. The Morgan fingerprint density at radius 3 is 2.64 bits per heavy atom. The molecule has 6 nitrogen and oxygen atoms in total. The molecule has 0 radical (unpaired) electrons. The molecular formula is C13H16Cl3N5O. The van der Waals surface area contributed by atoms with E-state index >= 15 is 0 Å². The van der Waals surface area contributed by atoms with Crippen LogP contribution in [0.25, 0.3) is 0 Å². The number of tetrazole rings is 1. The number of hydrogen-bond donors (Lipinski definition) is 1. The van der Waals surface area contributed by atoms with Crippen molar-refractivity contribution in [2.45, 2.75) is 30.7 Å². The number of nitrogens with two attached hydrogens (primary N) is 1. The van der Waals surface area contributed by atoms with E-state index in [1.807, 2.05) is 25.1 Å². The fourth-order valence-electron chi connectivity index (χ4n) is 1.94. The molecule has 9 heteroatoms. The molecule has 1 unspecified atom stereocenters. The lowest BCUT2D eigenvalue weighted by Crippen LogP contribution is -2.31. The minimum atomic E-state index is -1.47. The van der Waals surface area contributed by atoms with Gasteiger partial charge >= 0.3 is 5.69 Å². The largest absolute Gasteiger partial charge is 0.399 e. The molecule has 2 N–H and O–H groups in total. The number of nitrogens with zero attached hydrogens (tertiary/aromatic N) is 4. The molecule has 0 fully saturated rings. The molecule has 2 aromatic rings. The Morgan fingerprint density at radius 2 is 2.05 bits per heavy atom. The van der Waals surface area contributed by atoms with Gasteiger partial charge < -0.3 is 5.73 Å². The Hall–Kier alpha value is -1.24. The highest BCUT2D eigenvalue weighted by Crippen LogP contribution is 2.35. The van der Waals surface area contributed by atoms with Crippen LogP contribution in [0.2, 0.25) is 0 Å². The fraction of sp³-hybridized carbons (Fsp3) is 0.462. The monoisotopic (exact) mass is 363 g/mol. The average molecular weight is 365 g/mol. The number of aryl methyl sites for hydroxylation is 1. The van der Waals surface area contributed by atoms with Gasteiger partial charge in [0.1, 0.15) is 0 Å². The van der Waals surface area contributed by atoms with Crippen molar-refractivity contribution in [3.05, 3.63) is 39.8 Å². The minimum Gasteiger partial charge on any atom is -0.399 e. The molecule has 1 atom stereocenters. The summed E-state index contributed by atoms with van der Waals surface area (Å²) in [6, 6.07) is 5.62. The Morgan fingerprint density at radius 1 is 1.36 bits per heavy atom. The Bertz CT molecular complexity index is 719. The number of rotatable bonds is 4. The van der Waals surface area contributed by atoms with E-state index in [0.717, 1.165) is 11.1 Å². The van der Waals surface area contributed by atoms with Crippen LogP contribution in [0.1, 0.15) is 18.1 Å². The van der Waals surface area contributed by atoms with E-state index in [1.54, 1.807) is 6.92 Å². The summed E-state index contributed by atoms with van der Waals surface area (Å²) in [5, 5.41) is 7.41. The zero-order chi connectivity index (χ0) is 16.5. The van der Waals surface area contributed by atoms with E-state index in [0.29, 0.717) is 12.2 Å². The first-order chi connectivity index (χ1) is 10.2. The van der Waals surface area contributed by atoms with Gasteiger partial charge in [0.05, 0.1) is 13.1 Å². The summed E-state index contributed by atoms with van der Waals surface area (Å²) in [5.74, 6) is -0.374. The zero-order valence-corrected chi connectivity index (χ0v) is 14.4. The Labute approximate surface area is 142 Å². The van der Waals surface area contributed by atoms with E-state index in [9.17, 15) is 4.79 Å². The first kappa shape index (κ1) is 17.1. The number of halogens is 3. The summed E-state index contributed by atoms with van der Waals surface area (Å²) in [4.78, 5) is 13.3. The third-order valence-electron chi connectivity index (χ3n) is 3.40. The molecule has 22 heavy (non-hydrogen) atoms. The molecule has 0 aliphatic rings. The third-order valence-corrected chi connectivity index (χ3v) is 4.51. The molecule has 1 aromatic heterocycles. The number of benzene rings is 1. The molecule has 0 bridgehead atoms. The van der Waals surface area contributed by atoms with E-state index in [-0.39, 0.29) is 12.5 Å². The van der Waals surface area contributed by atoms with Crippen molar-refractivity contribution in [1.29, 1.82) is 0 Å². The molecule has 2 rings (SSSR count). The van der Waals surface area contributed by atoms with Gasteiger partial charge in [0.25, 0.3) is 0 Å². The summed E-state index contributed by atoms with van der Waals surface area (Å²) < 4.78 is -0.107.